The van der Waals surface area contributed by atoms with Gasteiger partial charge in [0, 0.05) is 50.4 Å². The molecular formula is C26H30F2N8O. The number of fused-ring (bicyclic) bond motifs is 1. The average Bonchev–Trinajstić information content (AvgIpc) is 3.40. The van der Waals surface area contributed by atoms with Crippen molar-refractivity contribution < 1.29 is 13.5 Å². The Morgan fingerprint density at radius 2 is 2.11 bits per heavy atom. The molecule has 0 amide bonds. The normalized spacial score (nSPS) is 20.8. The van der Waals surface area contributed by atoms with E-state index in [1.54, 1.807) is 24.5 Å². The van der Waals surface area contributed by atoms with Crippen LogP contribution in [0.1, 0.15) is 18.4 Å². The number of hydrogen-bond acceptors (Lipinski definition) is 8. The standard InChI is InChI=1S/C26H30F2N8O/c1-34-13-16(23-20(34)5-3-8-30-23)18-6-9-31-25(32-18)33-19-11-17(29)21(12-22(19)37-24(27)28)36-14-26(15-36)7-4-10-35(26)2/h3,5-6,8-9,11-13,24-25,31,33H,4,7,10,14-15,29H2,1-2H3. The van der Waals surface area contributed by atoms with E-state index in [0.717, 1.165) is 42.7 Å². The second-order valence-electron chi connectivity index (χ2n) is 9.98. The van der Waals surface area contributed by atoms with Crippen molar-refractivity contribution in [3.05, 3.63) is 54.5 Å². The smallest absolute Gasteiger partial charge is 0.387 e. The number of aromatic nitrogens is 2. The fourth-order valence-electron chi connectivity index (χ4n) is 5.69. The number of aliphatic imine (C=N–C) groups is 1. The molecule has 194 valence electrons. The van der Waals surface area contributed by atoms with Crippen LogP contribution < -0.4 is 26.0 Å². The number of ether oxygens (including phenoxy) is 1. The summed E-state index contributed by atoms with van der Waals surface area (Å²) in [5, 5.41) is 6.28. The van der Waals surface area contributed by atoms with Gasteiger partial charge in [0.1, 0.15) is 0 Å². The van der Waals surface area contributed by atoms with E-state index in [2.05, 4.69) is 32.5 Å². The van der Waals surface area contributed by atoms with Crippen molar-refractivity contribution in [2.45, 2.75) is 31.3 Å². The number of allylic oxidation sites excluding steroid dienone is 1. The van der Waals surface area contributed by atoms with Crippen LogP contribution in [0.15, 0.2) is 53.9 Å². The summed E-state index contributed by atoms with van der Waals surface area (Å²) < 4.78 is 33.6. The molecule has 4 N–H and O–H groups in total. The average molecular weight is 509 g/mol. The van der Waals surface area contributed by atoms with Crippen LogP contribution in [-0.4, -0.2) is 65.3 Å². The number of nitrogen functional groups attached to an aromatic ring is 1. The van der Waals surface area contributed by atoms with Gasteiger partial charge in [-0.3, -0.25) is 9.88 Å². The fraction of sp³-hybridized carbons (Fsp3) is 0.385. The van der Waals surface area contributed by atoms with Gasteiger partial charge in [0.05, 0.1) is 39.3 Å². The van der Waals surface area contributed by atoms with Crippen LogP contribution >= 0.6 is 0 Å². The quantitative estimate of drug-likeness (QED) is 0.440. The van der Waals surface area contributed by atoms with Gasteiger partial charge in [-0.25, -0.2) is 4.99 Å². The third-order valence-corrected chi connectivity index (χ3v) is 7.68. The third kappa shape index (κ3) is 4.12. The Morgan fingerprint density at radius 3 is 2.86 bits per heavy atom. The van der Waals surface area contributed by atoms with Gasteiger partial charge in [0.15, 0.2) is 12.0 Å². The second kappa shape index (κ2) is 8.91. The van der Waals surface area contributed by atoms with Crippen molar-refractivity contribution >= 4 is 33.8 Å². The van der Waals surface area contributed by atoms with Crippen molar-refractivity contribution in [1.82, 2.24) is 19.8 Å². The number of benzene rings is 1. The van der Waals surface area contributed by atoms with Crippen molar-refractivity contribution in [1.29, 1.82) is 0 Å². The first kappa shape index (κ1) is 23.5. The molecule has 3 aromatic rings. The minimum absolute atomic E-state index is 0.0276. The number of nitrogens with two attached hydrogens (primary N) is 1. The van der Waals surface area contributed by atoms with Gasteiger partial charge in [-0.15, -0.1) is 0 Å². The first-order valence-corrected chi connectivity index (χ1v) is 12.3. The topological polar surface area (TPSA) is 96.0 Å². The first-order valence-electron chi connectivity index (χ1n) is 12.3. The number of hydrogen-bond donors (Lipinski definition) is 3. The van der Waals surface area contributed by atoms with Crippen LogP contribution in [0.25, 0.3) is 11.0 Å². The zero-order valence-corrected chi connectivity index (χ0v) is 20.8. The predicted molar refractivity (Wildman–Crippen MR) is 141 cm³/mol. The van der Waals surface area contributed by atoms with Gasteiger partial charge in [0.25, 0.3) is 0 Å². The lowest BCUT2D eigenvalue weighted by molar-refractivity contribution is -0.0493. The summed E-state index contributed by atoms with van der Waals surface area (Å²) in [6, 6.07) is 7.13. The van der Waals surface area contributed by atoms with E-state index in [1.165, 1.54) is 6.42 Å². The molecule has 1 spiro atoms. The third-order valence-electron chi connectivity index (χ3n) is 7.68. The van der Waals surface area contributed by atoms with E-state index in [1.807, 2.05) is 36.0 Å². The molecular weight excluding hydrogens is 478 g/mol. The predicted octanol–water partition coefficient (Wildman–Crippen LogP) is 3.34. The van der Waals surface area contributed by atoms with Crippen LogP contribution in [0.2, 0.25) is 0 Å². The summed E-state index contributed by atoms with van der Waals surface area (Å²) in [6.07, 6.45) is 9.03. The summed E-state index contributed by atoms with van der Waals surface area (Å²) in [5.74, 6) is 0.0276. The monoisotopic (exact) mass is 508 g/mol. The number of nitrogens with zero attached hydrogens (tertiary/aromatic N) is 5. The van der Waals surface area contributed by atoms with Gasteiger partial charge >= 0.3 is 6.61 Å². The number of likely N-dealkylation sites (tertiary alicyclic amines) is 1. The Labute approximate surface area is 213 Å². The van der Waals surface area contributed by atoms with Crippen LogP contribution in [0, 0.1) is 0 Å². The molecule has 0 bridgehead atoms. The zero-order valence-electron chi connectivity index (χ0n) is 20.8. The van der Waals surface area contributed by atoms with Gasteiger partial charge in [-0.05, 0) is 50.7 Å². The molecule has 1 unspecified atom stereocenters. The van der Waals surface area contributed by atoms with E-state index >= 15 is 0 Å². The van der Waals surface area contributed by atoms with E-state index < -0.39 is 12.9 Å². The molecule has 3 aliphatic rings. The number of aryl methyl sites for hydroxylation is 1. The molecule has 0 aliphatic carbocycles. The maximum absolute atomic E-state index is 13.4. The lowest BCUT2D eigenvalue weighted by Crippen LogP contribution is -2.67. The Balaban J connectivity index is 1.27. The van der Waals surface area contributed by atoms with Crippen molar-refractivity contribution in [3.63, 3.8) is 0 Å². The summed E-state index contributed by atoms with van der Waals surface area (Å²) in [6.45, 7) is -0.264. The summed E-state index contributed by atoms with van der Waals surface area (Å²) in [7, 11) is 4.10. The Kier molecular flexibility index (Phi) is 5.67. The molecule has 0 radical (unpaired) electrons. The molecule has 9 nitrogen and oxygen atoms in total. The summed E-state index contributed by atoms with van der Waals surface area (Å²) >= 11 is 0. The summed E-state index contributed by atoms with van der Waals surface area (Å²) in [4.78, 5) is 13.8. The highest BCUT2D eigenvalue weighted by atomic mass is 19.3. The highest BCUT2D eigenvalue weighted by molar-refractivity contribution is 6.15. The number of likely N-dealkylation sites (N-methyl/N-ethyl adjacent to an activating group) is 1. The number of pyridine rings is 1. The SMILES string of the molecule is CN1CCCC12CN(c1cc(OC(F)F)c(NC3N=C(c4cn(C)c5cccnc45)C=CN3)cc1N)C2. The lowest BCUT2D eigenvalue weighted by atomic mass is 9.86. The van der Waals surface area contributed by atoms with Crippen LogP contribution in [-0.2, 0) is 7.05 Å². The number of alkyl halides is 2. The van der Waals surface area contributed by atoms with Crippen molar-refractivity contribution in [3.8, 4) is 5.75 Å². The molecule has 3 aliphatic heterocycles. The maximum atomic E-state index is 13.4. The molecule has 2 fully saturated rings. The van der Waals surface area contributed by atoms with Crippen LogP contribution in [0.3, 0.4) is 0 Å². The molecule has 1 aromatic carbocycles. The number of anilines is 3. The molecule has 5 heterocycles. The molecule has 37 heavy (non-hydrogen) atoms. The molecule has 2 saturated heterocycles. The lowest BCUT2D eigenvalue weighted by Gasteiger charge is -2.53. The van der Waals surface area contributed by atoms with Crippen molar-refractivity contribution in [2.75, 3.05) is 42.6 Å². The molecule has 6 rings (SSSR count). The first-order chi connectivity index (χ1) is 17.8. The van der Waals surface area contributed by atoms with E-state index in [4.69, 9.17) is 15.5 Å². The van der Waals surface area contributed by atoms with Gasteiger partial charge < -0.3 is 30.6 Å². The minimum atomic E-state index is -2.97. The number of nitrogens with one attached hydrogen (secondary N) is 2. The highest BCUT2D eigenvalue weighted by Gasteiger charge is 2.49. The molecule has 1 atom stereocenters. The van der Waals surface area contributed by atoms with Crippen LogP contribution in [0.4, 0.5) is 25.8 Å². The minimum Gasteiger partial charge on any atom is -0.433 e. The van der Waals surface area contributed by atoms with E-state index in [9.17, 15) is 8.78 Å². The summed E-state index contributed by atoms with van der Waals surface area (Å²) in [5.41, 5.74) is 11.5. The molecule has 0 saturated carbocycles. The molecule has 11 heteroatoms. The van der Waals surface area contributed by atoms with Gasteiger partial charge in [-0.2, -0.15) is 8.78 Å². The second-order valence-corrected chi connectivity index (χ2v) is 9.98. The van der Waals surface area contributed by atoms with Gasteiger partial charge in [0.2, 0.25) is 0 Å². The maximum Gasteiger partial charge on any atom is 0.387 e. The number of rotatable bonds is 6. The number of halogens is 2. The Bertz CT molecular complexity index is 1390. The highest BCUT2D eigenvalue weighted by Crippen LogP contribution is 2.44. The Morgan fingerprint density at radius 1 is 1.27 bits per heavy atom. The Hall–Kier alpha value is -3.86. The van der Waals surface area contributed by atoms with Crippen molar-refractivity contribution in [2.24, 2.45) is 12.0 Å². The zero-order chi connectivity index (χ0) is 25.7. The van der Waals surface area contributed by atoms with E-state index in [-0.39, 0.29) is 11.3 Å². The van der Waals surface area contributed by atoms with Crippen LogP contribution in [0.5, 0.6) is 5.75 Å². The fourth-order valence-corrected chi connectivity index (χ4v) is 5.69. The molecule has 2 aromatic heterocycles. The largest absolute Gasteiger partial charge is 0.433 e. The van der Waals surface area contributed by atoms with E-state index in [0.29, 0.717) is 22.8 Å². The van der Waals surface area contributed by atoms with Gasteiger partial charge in [-0.1, -0.05) is 0 Å².